The summed E-state index contributed by atoms with van der Waals surface area (Å²) < 4.78 is 11.2. The SMILES string of the molecule is COCCN1CC(=O)N[C@@H](Cc2ccccc2)C(=O)N[C@@H]2CN(C(=O)c3cc(C)nc(C)n3)C[C@H]2c2cccc(c2)OCC(=O)N[C@H](CC(C)C)C1=O. The summed E-state index contributed by atoms with van der Waals surface area (Å²) in [5, 5.41) is 8.84. The average molecular weight is 728 g/mol. The first-order chi connectivity index (χ1) is 25.4. The van der Waals surface area contributed by atoms with E-state index in [9.17, 15) is 24.0 Å². The highest BCUT2D eigenvalue weighted by atomic mass is 16.5. The number of aromatic nitrogens is 2. The second-order valence-corrected chi connectivity index (χ2v) is 14.0. The monoisotopic (exact) mass is 727 g/mol. The highest BCUT2D eigenvalue weighted by Crippen LogP contribution is 2.31. The maximum absolute atomic E-state index is 14.3. The van der Waals surface area contributed by atoms with Gasteiger partial charge in [-0.25, -0.2) is 9.97 Å². The fraction of sp³-hybridized carbons (Fsp3) is 0.462. The van der Waals surface area contributed by atoms with Crippen molar-refractivity contribution >= 4 is 29.5 Å². The molecule has 5 rings (SSSR count). The molecule has 282 valence electrons. The molecule has 2 aromatic carbocycles. The number of ether oxygens (including phenoxy) is 2. The molecule has 1 saturated heterocycles. The smallest absolute Gasteiger partial charge is 0.272 e. The molecular weight excluding hydrogens is 678 g/mol. The van der Waals surface area contributed by atoms with Gasteiger partial charge in [0.2, 0.25) is 17.7 Å². The lowest BCUT2D eigenvalue weighted by Gasteiger charge is -2.29. The van der Waals surface area contributed by atoms with Crippen LogP contribution in [0.25, 0.3) is 0 Å². The molecule has 5 amide bonds. The van der Waals surface area contributed by atoms with Crippen molar-refractivity contribution in [2.45, 2.75) is 64.6 Å². The zero-order valence-electron chi connectivity index (χ0n) is 31.0. The maximum Gasteiger partial charge on any atom is 0.272 e. The Bertz CT molecular complexity index is 1770. The predicted molar refractivity (Wildman–Crippen MR) is 196 cm³/mol. The number of hydrogen-bond acceptors (Lipinski definition) is 9. The van der Waals surface area contributed by atoms with Crippen LogP contribution in [0.5, 0.6) is 5.75 Å². The summed E-state index contributed by atoms with van der Waals surface area (Å²) in [4.78, 5) is 80.6. The summed E-state index contributed by atoms with van der Waals surface area (Å²) in [6.07, 6.45) is 0.510. The van der Waals surface area contributed by atoms with E-state index in [2.05, 4.69) is 25.9 Å². The van der Waals surface area contributed by atoms with Gasteiger partial charge in [0.25, 0.3) is 11.8 Å². The molecule has 3 heterocycles. The number of hydrogen-bond donors (Lipinski definition) is 3. The molecule has 3 aromatic rings. The van der Waals surface area contributed by atoms with E-state index >= 15 is 0 Å². The second kappa shape index (κ2) is 17.9. The molecule has 1 fully saturated rings. The number of carbonyl (C=O) groups is 5. The van der Waals surface area contributed by atoms with E-state index in [1.807, 2.05) is 50.2 Å². The number of carbonyl (C=O) groups excluding carboxylic acids is 5. The van der Waals surface area contributed by atoms with E-state index in [4.69, 9.17) is 9.47 Å². The van der Waals surface area contributed by atoms with Crippen LogP contribution in [0, 0.1) is 19.8 Å². The van der Waals surface area contributed by atoms with Crippen molar-refractivity contribution in [3.05, 3.63) is 89.0 Å². The number of nitrogens with one attached hydrogen (secondary N) is 3. The zero-order valence-corrected chi connectivity index (χ0v) is 31.0. The third-order valence-electron chi connectivity index (χ3n) is 9.26. The molecule has 3 N–H and O–H groups in total. The fourth-order valence-electron chi connectivity index (χ4n) is 6.80. The highest BCUT2D eigenvalue weighted by molar-refractivity contribution is 5.94. The Morgan fingerprint density at radius 2 is 1.68 bits per heavy atom. The molecule has 0 spiro atoms. The number of methoxy groups -OCH3 is 1. The summed E-state index contributed by atoms with van der Waals surface area (Å²) >= 11 is 0. The van der Waals surface area contributed by atoms with E-state index in [1.165, 1.54) is 12.0 Å². The molecule has 0 aliphatic carbocycles. The number of benzene rings is 2. The van der Waals surface area contributed by atoms with E-state index in [1.54, 1.807) is 43.0 Å². The number of nitrogens with zero attached hydrogens (tertiary/aromatic N) is 4. The number of amides is 5. The first-order valence-electron chi connectivity index (χ1n) is 17.9. The Morgan fingerprint density at radius 3 is 2.40 bits per heavy atom. The van der Waals surface area contributed by atoms with E-state index in [0.29, 0.717) is 23.7 Å². The maximum atomic E-state index is 14.3. The molecule has 4 atom stereocenters. The van der Waals surface area contributed by atoms with Crippen molar-refractivity contribution in [1.82, 2.24) is 35.7 Å². The minimum atomic E-state index is -1.01. The zero-order chi connectivity index (χ0) is 38.1. The Labute approximate surface area is 310 Å². The van der Waals surface area contributed by atoms with E-state index < -0.39 is 41.8 Å². The number of fused-ring (bicyclic) bond motifs is 4. The first kappa shape index (κ1) is 38.9. The van der Waals surface area contributed by atoms with E-state index in [-0.39, 0.29) is 69.3 Å². The Balaban J connectivity index is 1.51. The summed E-state index contributed by atoms with van der Waals surface area (Å²) in [6, 6.07) is 15.7. The molecule has 1 aromatic heterocycles. The second-order valence-electron chi connectivity index (χ2n) is 14.0. The molecule has 14 nitrogen and oxygen atoms in total. The van der Waals surface area contributed by atoms with Crippen LogP contribution < -0.4 is 20.7 Å². The topological polar surface area (TPSA) is 172 Å². The van der Waals surface area contributed by atoms with Gasteiger partial charge in [0.1, 0.15) is 29.4 Å². The van der Waals surface area contributed by atoms with Crippen molar-refractivity contribution in [2.24, 2.45) is 5.92 Å². The van der Waals surface area contributed by atoms with Crippen molar-refractivity contribution in [1.29, 1.82) is 0 Å². The van der Waals surface area contributed by atoms with Gasteiger partial charge < -0.3 is 35.2 Å². The summed E-state index contributed by atoms with van der Waals surface area (Å²) in [7, 11) is 1.49. The van der Waals surface area contributed by atoms with Crippen LogP contribution in [-0.4, -0.2) is 114 Å². The first-order valence-corrected chi connectivity index (χ1v) is 17.9. The van der Waals surface area contributed by atoms with Crippen LogP contribution >= 0.6 is 0 Å². The van der Waals surface area contributed by atoms with Crippen LogP contribution in [0.2, 0.25) is 0 Å². The van der Waals surface area contributed by atoms with Crippen molar-refractivity contribution in [3.63, 3.8) is 0 Å². The Kier molecular flexibility index (Phi) is 13.1. The molecular formula is C39H49N7O7. The van der Waals surface area contributed by atoms with Gasteiger partial charge in [-0.15, -0.1) is 0 Å². The van der Waals surface area contributed by atoms with Gasteiger partial charge >= 0.3 is 0 Å². The van der Waals surface area contributed by atoms with Crippen LogP contribution in [0.3, 0.4) is 0 Å². The van der Waals surface area contributed by atoms with Gasteiger partial charge in [-0.1, -0.05) is 56.3 Å². The third-order valence-corrected chi connectivity index (χ3v) is 9.26. The lowest BCUT2D eigenvalue weighted by atomic mass is 9.93. The van der Waals surface area contributed by atoms with Gasteiger partial charge in [0, 0.05) is 44.8 Å². The van der Waals surface area contributed by atoms with Crippen molar-refractivity contribution < 1.29 is 33.4 Å². The third kappa shape index (κ3) is 10.6. The van der Waals surface area contributed by atoms with Crippen molar-refractivity contribution in [3.8, 4) is 5.75 Å². The lowest BCUT2D eigenvalue weighted by Crippen LogP contribution is -2.56. The van der Waals surface area contributed by atoms with Gasteiger partial charge in [-0.3, -0.25) is 24.0 Å². The minimum Gasteiger partial charge on any atom is -0.484 e. The Morgan fingerprint density at radius 1 is 0.925 bits per heavy atom. The standard InChI is InChI=1S/C39H49N7O7/c1-24(2)16-32-38(50)45(14-15-52-5)22-35(47)42-31(18-27-10-7-6-8-11-27)37(49)44-34-21-46(39(51)33-17-25(3)40-26(4)41-33)20-30(34)28-12-9-13-29(19-28)53-23-36(48)43-32/h6-13,17,19,24,30-32,34H,14-16,18,20-23H2,1-5H3,(H,42,47)(H,43,48)(H,44,49)/t30-,31-,32+,34+/m0/s1. The normalized spacial score (nSPS) is 21.5. The number of rotatable bonds is 8. The van der Waals surface area contributed by atoms with Crippen LogP contribution in [0.4, 0.5) is 0 Å². The molecule has 2 bridgehead atoms. The minimum absolute atomic E-state index is 0.0462. The molecule has 2 aliphatic heterocycles. The lowest BCUT2D eigenvalue weighted by molar-refractivity contribution is -0.141. The summed E-state index contributed by atoms with van der Waals surface area (Å²) in [6.45, 7) is 7.36. The number of likely N-dealkylation sites (tertiary alicyclic amines) is 1. The quantitative estimate of drug-likeness (QED) is 0.314. The van der Waals surface area contributed by atoms with Crippen molar-refractivity contribution in [2.75, 3.05) is 46.5 Å². The summed E-state index contributed by atoms with van der Waals surface area (Å²) in [5.74, 6) is -1.65. The van der Waals surface area contributed by atoms with Crippen LogP contribution in [0.15, 0.2) is 60.7 Å². The van der Waals surface area contributed by atoms with E-state index in [0.717, 1.165) is 11.1 Å². The number of aryl methyl sites for hydroxylation is 2. The van der Waals surface area contributed by atoms with Gasteiger partial charge in [-0.05, 0) is 55.5 Å². The highest BCUT2D eigenvalue weighted by Gasteiger charge is 2.39. The average Bonchev–Trinajstić information content (AvgIpc) is 3.54. The molecule has 2 aliphatic rings. The van der Waals surface area contributed by atoms with Gasteiger partial charge in [0.15, 0.2) is 6.61 Å². The fourth-order valence-corrected chi connectivity index (χ4v) is 6.80. The molecule has 53 heavy (non-hydrogen) atoms. The summed E-state index contributed by atoms with van der Waals surface area (Å²) in [5.41, 5.74) is 2.52. The van der Waals surface area contributed by atoms with Gasteiger partial charge in [0.05, 0.1) is 19.2 Å². The molecule has 0 saturated carbocycles. The largest absolute Gasteiger partial charge is 0.484 e. The molecule has 14 heteroatoms. The predicted octanol–water partition coefficient (Wildman–Crippen LogP) is 1.94. The Hall–Kier alpha value is -5.37. The molecule has 0 unspecified atom stereocenters. The molecule has 0 radical (unpaired) electrons. The van der Waals surface area contributed by atoms with Gasteiger partial charge in [-0.2, -0.15) is 0 Å². The van der Waals surface area contributed by atoms with Crippen LogP contribution in [-0.2, 0) is 30.3 Å². The van der Waals surface area contributed by atoms with Crippen LogP contribution in [0.1, 0.15) is 59.3 Å².